The summed E-state index contributed by atoms with van der Waals surface area (Å²) in [6.07, 6.45) is 1.20. The van der Waals surface area contributed by atoms with Crippen molar-refractivity contribution in [1.82, 2.24) is 4.98 Å². The van der Waals surface area contributed by atoms with Gasteiger partial charge in [0.15, 0.2) is 0 Å². The first-order valence-corrected chi connectivity index (χ1v) is 4.16. The summed E-state index contributed by atoms with van der Waals surface area (Å²) in [5.74, 6) is -1.26. The molecular formula is C9H5ClF2N2. The smallest absolute Gasteiger partial charge is 0.149 e. The van der Waals surface area contributed by atoms with E-state index in [-0.39, 0.29) is 21.6 Å². The Morgan fingerprint density at radius 2 is 1.86 bits per heavy atom. The van der Waals surface area contributed by atoms with Crippen LogP contribution in [0.3, 0.4) is 0 Å². The van der Waals surface area contributed by atoms with Gasteiger partial charge in [0, 0.05) is 0 Å². The van der Waals surface area contributed by atoms with Gasteiger partial charge in [0.25, 0.3) is 0 Å². The average molecular weight is 215 g/mol. The van der Waals surface area contributed by atoms with Crippen molar-refractivity contribution in [2.75, 3.05) is 5.73 Å². The predicted molar refractivity (Wildman–Crippen MR) is 51.1 cm³/mol. The normalized spacial score (nSPS) is 10.8. The summed E-state index contributed by atoms with van der Waals surface area (Å²) in [5.41, 5.74) is 5.44. The van der Waals surface area contributed by atoms with Crippen molar-refractivity contribution < 1.29 is 8.78 Å². The summed E-state index contributed by atoms with van der Waals surface area (Å²) >= 11 is 5.73. The number of hydrogen-bond acceptors (Lipinski definition) is 2. The van der Waals surface area contributed by atoms with Gasteiger partial charge in [-0.3, -0.25) is 4.98 Å². The van der Waals surface area contributed by atoms with E-state index in [1.54, 1.807) is 0 Å². The molecule has 14 heavy (non-hydrogen) atoms. The van der Waals surface area contributed by atoms with Crippen LogP contribution < -0.4 is 5.73 Å². The molecule has 2 nitrogen and oxygen atoms in total. The minimum Gasteiger partial charge on any atom is -0.396 e. The number of nitrogens with zero attached hydrogens (tertiary/aromatic N) is 1. The van der Waals surface area contributed by atoms with E-state index in [0.29, 0.717) is 0 Å². The highest BCUT2D eigenvalue weighted by Gasteiger charge is 2.12. The summed E-state index contributed by atoms with van der Waals surface area (Å²) in [7, 11) is 0. The summed E-state index contributed by atoms with van der Waals surface area (Å²) in [6.45, 7) is 0. The van der Waals surface area contributed by atoms with Crippen LogP contribution in [0, 0.1) is 11.6 Å². The quantitative estimate of drug-likeness (QED) is 0.732. The molecule has 0 amide bonds. The first-order chi connectivity index (χ1) is 6.61. The Balaban J connectivity index is 3.01. The third-order valence-electron chi connectivity index (χ3n) is 1.88. The molecule has 1 aromatic heterocycles. The third-order valence-corrected chi connectivity index (χ3v) is 2.29. The lowest BCUT2D eigenvalue weighted by atomic mass is 10.2. The van der Waals surface area contributed by atoms with Gasteiger partial charge in [0.2, 0.25) is 0 Å². The van der Waals surface area contributed by atoms with Gasteiger partial charge >= 0.3 is 0 Å². The van der Waals surface area contributed by atoms with Crippen molar-refractivity contribution >= 4 is 28.2 Å². The number of hydrogen-bond donors (Lipinski definition) is 1. The van der Waals surface area contributed by atoms with Crippen LogP contribution >= 0.6 is 11.6 Å². The molecule has 1 heterocycles. The van der Waals surface area contributed by atoms with Gasteiger partial charge in [-0.05, 0) is 12.1 Å². The van der Waals surface area contributed by atoms with E-state index in [2.05, 4.69) is 4.98 Å². The Hall–Kier alpha value is -1.42. The molecule has 72 valence electrons. The van der Waals surface area contributed by atoms with Crippen LogP contribution in [0.4, 0.5) is 14.5 Å². The third kappa shape index (κ3) is 1.19. The molecule has 1 aromatic carbocycles. The molecule has 0 aliphatic carbocycles. The molecule has 0 bridgehead atoms. The molecule has 0 atom stereocenters. The molecule has 0 aliphatic heterocycles. The molecule has 0 unspecified atom stereocenters. The van der Waals surface area contributed by atoms with Crippen molar-refractivity contribution in [2.24, 2.45) is 0 Å². The Morgan fingerprint density at radius 1 is 1.21 bits per heavy atom. The number of anilines is 1. The van der Waals surface area contributed by atoms with E-state index in [0.717, 1.165) is 12.1 Å². The molecule has 0 spiro atoms. The molecule has 2 aromatic rings. The molecule has 5 heteroatoms. The fourth-order valence-electron chi connectivity index (χ4n) is 1.21. The maximum Gasteiger partial charge on any atom is 0.149 e. The number of fused-ring (bicyclic) bond motifs is 1. The molecule has 0 saturated heterocycles. The second-order valence-electron chi connectivity index (χ2n) is 2.78. The summed E-state index contributed by atoms with van der Waals surface area (Å²) in [5, 5.41) is -0.0846. The second kappa shape index (κ2) is 3.06. The molecule has 0 aliphatic rings. The first kappa shape index (κ1) is 9.15. The Bertz CT molecular complexity index is 514. The maximum absolute atomic E-state index is 13.3. The van der Waals surface area contributed by atoms with Gasteiger partial charge in [0.05, 0.1) is 22.3 Å². The zero-order valence-corrected chi connectivity index (χ0v) is 7.65. The Kier molecular flexibility index (Phi) is 2.00. The highest BCUT2D eigenvalue weighted by Crippen LogP contribution is 2.30. The molecule has 0 radical (unpaired) electrons. The lowest BCUT2D eigenvalue weighted by Crippen LogP contribution is -1.94. The lowest BCUT2D eigenvalue weighted by molar-refractivity contribution is 0.615. The van der Waals surface area contributed by atoms with E-state index < -0.39 is 11.6 Å². The summed E-state index contributed by atoms with van der Waals surface area (Å²) < 4.78 is 26.4. The summed E-state index contributed by atoms with van der Waals surface area (Å²) in [6, 6.07) is 1.99. The van der Waals surface area contributed by atoms with Gasteiger partial charge in [-0.1, -0.05) is 11.6 Å². The van der Waals surface area contributed by atoms with E-state index in [9.17, 15) is 8.78 Å². The molecular weight excluding hydrogens is 210 g/mol. The van der Waals surface area contributed by atoms with E-state index in [1.807, 2.05) is 0 Å². The van der Waals surface area contributed by atoms with E-state index in [1.165, 1.54) is 6.20 Å². The van der Waals surface area contributed by atoms with Crippen molar-refractivity contribution in [1.29, 1.82) is 0 Å². The van der Waals surface area contributed by atoms with Crippen molar-refractivity contribution in [3.8, 4) is 0 Å². The number of halogens is 3. The van der Waals surface area contributed by atoms with E-state index in [4.69, 9.17) is 17.3 Å². The highest BCUT2D eigenvalue weighted by molar-refractivity contribution is 6.37. The maximum atomic E-state index is 13.3. The van der Waals surface area contributed by atoms with Crippen molar-refractivity contribution in [3.63, 3.8) is 0 Å². The number of nitrogens with two attached hydrogens (primary N) is 1. The van der Waals surface area contributed by atoms with Crippen LogP contribution in [0.2, 0.25) is 5.02 Å². The van der Waals surface area contributed by atoms with Gasteiger partial charge < -0.3 is 5.73 Å². The molecule has 0 saturated carbocycles. The number of pyridine rings is 1. The van der Waals surface area contributed by atoms with Crippen molar-refractivity contribution in [2.45, 2.75) is 0 Å². The Labute approximate surface area is 83.3 Å². The van der Waals surface area contributed by atoms with Gasteiger partial charge in [-0.25, -0.2) is 8.78 Å². The Morgan fingerprint density at radius 3 is 2.57 bits per heavy atom. The topological polar surface area (TPSA) is 38.9 Å². The number of benzene rings is 1. The lowest BCUT2D eigenvalue weighted by Gasteiger charge is -2.04. The fraction of sp³-hybridized carbons (Fsp3) is 0. The molecule has 2 N–H and O–H groups in total. The zero-order valence-electron chi connectivity index (χ0n) is 6.89. The zero-order chi connectivity index (χ0) is 10.3. The SMILES string of the molecule is Nc1cnc2c(F)ccc(F)c2c1Cl. The summed E-state index contributed by atoms with van der Waals surface area (Å²) in [4.78, 5) is 3.68. The fourth-order valence-corrected chi connectivity index (χ4v) is 1.44. The number of rotatable bonds is 0. The molecule has 0 fully saturated rings. The molecule has 2 rings (SSSR count). The first-order valence-electron chi connectivity index (χ1n) is 3.79. The minimum atomic E-state index is -0.633. The number of nitrogen functional groups attached to an aromatic ring is 1. The number of aromatic nitrogens is 1. The largest absolute Gasteiger partial charge is 0.396 e. The van der Waals surface area contributed by atoms with Gasteiger partial charge in [-0.15, -0.1) is 0 Å². The van der Waals surface area contributed by atoms with Crippen molar-refractivity contribution in [3.05, 3.63) is 35.0 Å². The highest BCUT2D eigenvalue weighted by atomic mass is 35.5. The van der Waals surface area contributed by atoms with E-state index >= 15 is 0 Å². The monoisotopic (exact) mass is 214 g/mol. The standard InChI is InChI=1S/C9H5ClF2N2/c10-8-6(13)3-14-9-5(12)2-1-4(11)7(8)9/h1-3H,13H2. The van der Waals surface area contributed by atoms with Crippen LogP contribution in [-0.2, 0) is 0 Å². The second-order valence-corrected chi connectivity index (χ2v) is 3.16. The van der Waals surface area contributed by atoms with Gasteiger partial charge in [-0.2, -0.15) is 0 Å². The van der Waals surface area contributed by atoms with Crippen LogP contribution in [0.1, 0.15) is 0 Å². The van der Waals surface area contributed by atoms with Crippen LogP contribution in [0.25, 0.3) is 10.9 Å². The van der Waals surface area contributed by atoms with Crippen LogP contribution in [0.15, 0.2) is 18.3 Å². The van der Waals surface area contributed by atoms with Crippen LogP contribution in [0.5, 0.6) is 0 Å². The van der Waals surface area contributed by atoms with Crippen LogP contribution in [-0.4, -0.2) is 4.98 Å². The minimum absolute atomic E-state index is 0.00741. The van der Waals surface area contributed by atoms with Gasteiger partial charge in [0.1, 0.15) is 17.2 Å². The average Bonchev–Trinajstić information content (AvgIpc) is 2.16. The predicted octanol–water partition coefficient (Wildman–Crippen LogP) is 2.75.